The first-order chi connectivity index (χ1) is 7.18. The Morgan fingerprint density at radius 1 is 1.33 bits per heavy atom. The van der Waals surface area contributed by atoms with Crippen LogP contribution >= 0.6 is 0 Å². The molecular formula is C10H10F2N2O. The Kier molecular flexibility index (Phi) is 2.53. The van der Waals surface area contributed by atoms with Gasteiger partial charge in [-0.2, -0.15) is 0 Å². The summed E-state index contributed by atoms with van der Waals surface area (Å²) in [4.78, 5) is 12.6. The number of rotatable bonds is 1. The fourth-order valence-corrected chi connectivity index (χ4v) is 1.55. The lowest BCUT2D eigenvalue weighted by atomic mass is 10.2. The van der Waals surface area contributed by atoms with E-state index in [1.165, 1.54) is 4.90 Å². The van der Waals surface area contributed by atoms with Gasteiger partial charge in [-0.05, 0) is 18.6 Å². The van der Waals surface area contributed by atoms with E-state index in [1.807, 2.05) is 0 Å². The molecule has 1 aromatic rings. The predicted octanol–water partition coefficient (Wildman–Crippen LogP) is 1.88. The van der Waals surface area contributed by atoms with Gasteiger partial charge in [0.1, 0.15) is 11.6 Å². The van der Waals surface area contributed by atoms with Gasteiger partial charge in [-0.1, -0.05) is 0 Å². The summed E-state index contributed by atoms with van der Waals surface area (Å²) >= 11 is 0. The Bertz CT molecular complexity index is 395. The molecule has 0 bridgehead atoms. The highest BCUT2D eigenvalue weighted by Crippen LogP contribution is 2.21. The minimum absolute atomic E-state index is 0.00722. The summed E-state index contributed by atoms with van der Waals surface area (Å²) in [5, 5.41) is 2.58. The molecule has 80 valence electrons. The van der Waals surface area contributed by atoms with Gasteiger partial charge in [0.15, 0.2) is 0 Å². The summed E-state index contributed by atoms with van der Waals surface area (Å²) in [6.07, 6.45) is 0.724. The van der Waals surface area contributed by atoms with Crippen molar-refractivity contribution in [3.8, 4) is 0 Å². The number of amides is 2. The average molecular weight is 212 g/mol. The number of urea groups is 1. The van der Waals surface area contributed by atoms with Gasteiger partial charge in [0.05, 0.1) is 5.69 Å². The SMILES string of the molecule is O=C1NCCCN1c1cc(F)ccc1F. The van der Waals surface area contributed by atoms with Crippen LogP contribution in [0, 0.1) is 11.6 Å². The maximum atomic E-state index is 13.3. The Morgan fingerprint density at radius 3 is 2.87 bits per heavy atom. The van der Waals surface area contributed by atoms with Crippen LogP contribution in [0.4, 0.5) is 19.3 Å². The van der Waals surface area contributed by atoms with Crippen LogP contribution in [-0.2, 0) is 0 Å². The summed E-state index contributed by atoms with van der Waals surface area (Å²) in [6.45, 7) is 0.985. The van der Waals surface area contributed by atoms with E-state index in [2.05, 4.69) is 5.32 Å². The fraction of sp³-hybridized carbons (Fsp3) is 0.300. The molecule has 0 aromatic heterocycles. The Balaban J connectivity index is 2.34. The van der Waals surface area contributed by atoms with Crippen LogP contribution in [0.5, 0.6) is 0 Å². The molecule has 1 aliphatic rings. The average Bonchev–Trinajstić information content (AvgIpc) is 2.23. The van der Waals surface area contributed by atoms with E-state index in [9.17, 15) is 13.6 Å². The van der Waals surface area contributed by atoms with Crippen molar-refractivity contribution >= 4 is 11.7 Å². The maximum absolute atomic E-state index is 13.3. The van der Waals surface area contributed by atoms with Crippen LogP contribution in [0.15, 0.2) is 18.2 Å². The molecule has 5 heteroatoms. The van der Waals surface area contributed by atoms with Crippen LogP contribution in [0.1, 0.15) is 6.42 Å². The van der Waals surface area contributed by atoms with Crippen LogP contribution in [0.2, 0.25) is 0 Å². The van der Waals surface area contributed by atoms with Crippen LogP contribution in [0.3, 0.4) is 0 Å². The molecule has 1 aliphatic heterocycles. The smallest absolute Gasteiger partial charge is 0.321 e. The van der Waals surface area contributed by atoms with Crippen molar-refractivity contribution in [1.82, 2.24) is 5.32 Å². The number of nitrogens with zero attached hydrogens (tertiary/aromatic N) is 1. The summed E-state index contributed by atoms with van der Waals surface area (Å²) in [5.74, 6) is -1.14. The lowest BCUT2D eigenvalue weighted by molar-refractivity contribution is 0.242. The molecule has 1 aromatic carbocycles. The van der Waals surface area contributed by atoms with Crippen molar-refractivity contribution in [3.63, 3.8) is 0 Å². The first-order valence-electron chi connectivity index (χ1n) is 4.69. The van der Waals surface area contributed by atoms with Crippen molar-refractivity contribution in [2.75, 3.05) is 18.0 Å². The second-order valence-corrected chi connectivity index (χ2v) is 3.33. The number of anilines is 1. The lowest BCUT2D eigenvalue weighted by Gasteiger charge is -2.27. The quantitative estimate of drug-likeness (QED) is 0.757. The molecule has 3 nitrogen and oxygen atoms in total. The molecule has 15 heavy (non-hydrogen) atoms. The van der Waals surface area contributed by atoms with Crippen molar-refractivity contribution in [3.05, 3.63) is 29.8 Å². The van der Waals surface area contributed by atoms with E-state index < -0.39 is 11.6 Å². The summed E-state index contributed by atoms with van der Waals surface area (Å²) in [6, 6.07) is 2.69. The van der Waals surface area contributed by atoms with E-state index in [4.69, 9.17) is 0 Å². The minimum Gasteiger partial charge on any atom is -0.338 e. The largest absolute Gasteiger partial charge is 0.338 e. The number of halogens is 2. The van der Waals surface area contributed by atoms with E-state index >= 15 is 0 Å². The molecule has 2 amide bonds. The van der Waals surface area contributed by atoms with Crippen LogP contribution < -0.4 is 10.2 Å². The highest BCUT2D eigenvalue weighted by atomic mass is 19.1. The monoisotopic (exact) mass is 212 g/mol. The summed E-state index contributed by atoms with van der Waals surface area (Å²) in [5.41, 5.74) is -0.00722. The molecular weight excluding hydrogens is 202 g/mol. The van der Waals surface area contributed by atoms with Crippen molar-refractivity contribution in [2.24, 2.45) is 0 Å². The third kappa shape index (κ3) is 1.91. The standard InChI is InChI=1S/C10H10F2N2O/c11-7-2-3-8(12)9(6-7)14-5-1-4-13-10(14)15/h2-3,6H,1,4-5H2,(H,13,15). The number of benzene rings is 1. The topological polar surface area (TPSA) is 32.3 Å². The summed E-state index contributed by atoms with van der Waals surface area (Å²) < 4.78 is 26.2. The second-order valence-electron chi connectivity index (χ2n) is 3.33. The maximum Gasteiger partial charge on any atom is 0.321 e. The molecule has 0 saturated carbocycles. The highest BCUT2D eigenvalue weighted by molar-refractivity contribution is 5.92. The zero-order chi connectivity index (χ0) is 10.8. The first-order valence-corrected chi connectivity index (χ1v) is 4.69. The van der Waals surface area contributed by atoms with E-state index in [-0.39, 0.29) is 11.7 Å². The van der Waals surface area contributed by atoms with E-state index in [0.29, 0.717) is 13.1 Å². The molecule has 1 fully saturated rings. The van der Waals surface area contributed by atoms with Gasteiger partial charge in [-0.3, -0.25) is 4.90 Å². The molecule has 0 unspecified atom stereocenters. The second kappa shape index (κ2) is 3.84. The number of hydrogen-bond donors (Lipinski definition) is 1. The van der Waals surface area contributed by atoms with Crippen molar-refractivity contribution in [2.45, 2.75) is 6.42 Å². The highest BCUT2D eigenvalue weighted by Gasteiger charge is 2.22. The first kappa shape index (κ1) is 9.89. The zero-order valence-corrected chi connectivity index (χ0v) is 7.96. The molecule has 1 saturated heterocycles. The molecule has 0 aliphatic carbocycles. The summed E-state index contributed by atoms with van der Waals surface area (Å²) in [7, 11) is 0. The third-order valence-electron chi connectivity index (χ3n) is 2.28. The van der Waals surface area contributed by atoms with Gasteiger partial charge in [0.2, 0.25) is 0 Å². The lowest BCUT2D eigenvalue weighted by Crippen LogP contribution is -2.46. The number of nitrogens with one attached hydrogen (secondary N) is 1. The molecule has 0 atom stereocenters. The van der Waals surface area contributed by atoms with Gasteiger partial charge in [0.25, 0.3) is 0 Å². The Labute approximate surface area is 85.7 Å². The van der Waals surface area contributed by atoms with Gasteiger partial charge in [-0.25, -0.2) is 13.6 Å². The van der Waals surface area contributed by atoms with Gasteiger partial charge >= 0.3 is 6.03 Å². The molecule has 2 rings (SSSR count). The van der Waals surface area contributed by atoms with Crippen LogP contribution in [-0.4, -0.2) is 19.1 Å². The van der Waals surface area contributed by atoms with E-state index in [0.717, 1.165) is 24.6 Å². The number of carbonyl (C=O) groups excluding carboxylic acids is 1. The third-order valence-corrected chi connectivity index (χ3v) is 2.28. The Morgan fingerprint density at radius 2 is 2.13 bits per heavy atom. The normalized spacial score (nSPS) is 16.4. The minimum atomic E-state index is -0.589. The number of hydrogen-bond acceptors (Lipinski definition) is 1. The fourth-order valence-electron chi connectivity index (χ4n) is 1.55. The predicted molar refractivity (Wildman–Crippen MR) is 51.7 cm³/mol. The van der Waals surface area contributed by atoms with Gasteiger partial charge < -0.3 is 5.32 Å². The van der Waals surface area contributed by atoms with E-state index in [1.54, 1.807) is 0 Å². The van der Waals surface area contributed by atoms with Crippen LogP contribution in [0.25, 0.3) is 0 Å². The van der Waals surface area contributed by atoms with Crippen molar-refractivity contribution < 1.29 is 13.6 Å². The molecule has 1 heterocycles. The molecule has 0 radical (unpaired) electrons. The van der Waals surface area contributed by atoms with Crippen molar-refractivity contribution in [1.29, 1.82) is 0 Å². The molecule has 1 N–H and O–H groups in total. The number of carbonyl (C=O) groups is 1. The van der Waals surface area contributed by atoms with Gasteiger partial charge in [0, 0.05) is 19.2 Å². The Hall–Kier alpha value is -1.65. The van der Waals surface area contributed by atoms with Gasteiger partial charge in [-0.15, -0.1) is 0 Å². The zero-order valence-electron chi connectivity index (χ0n) is 7.96. The molecule has 0 spiro atoms.